The summed E-state index contributed by atoms with van der Waals surface area (Å²) in [5.74, 6) is 0.0214. The Morgan fingerprint density at radius 1 is 1.31 bits per heavy atom. The molecule has 8 nitrogen and oxygen atoms in total. The number of nitrogens with zero attached hydrogens (tertiary/aromatic N) is 3. The lowest BCUT2D eigenvalue weighted by Crippen LogP contribution is -2.48. The minimum atomic E-state index is -0.288. The number of aromatic nitrogens is 2. The maximum Gasteiger partial charge on any atom is 0.263 e. The molecule has 2 aliphatic heterocycles. The van der Waals surface area contributed by atoms with Crippen molar-refractivity contribution in [1.29, 1.82) is 0 Å². The van der Waals surface area contributed by atoms with Gasteiger partial charge in [-0.2, -0.15) is 0 Å². The van der Waals surface area contributed by atoms with E-state index in [4.69, 9.17) is 9.72 Å². The Bertz CT molecular complexity index is 1260. The van der Waals surface area contributed by atoms with Crippen molar-refractivity contribution in [3.05, 3.63) is 46.1 Å². The van der Waals surface area contributed by atoms with E-state index in [1.165, 1.54) is 11.3 Å². The molecule has 2 aromatic heterocycles. The first-order valence-corrected chi connectivity index (χ1v) is 13.2. The van der Waals surface area contributed by atoms with Gasteiger partial charge in [-0.05, 0) is 57.9 Å². The molecule has 5 rings (SSSR count). The molecule has 0 radical (unpaired) electrons. The molecule has 4 heterocycles. The summed E-state index contributed by atoms with van der Waals surface area (Å²) in [5.41, 5.74) is 3.47. The summed E-state index contributed by atoms with van der Waals surface area (Å²) in [5, 5.41) is 5.03. The maximum atomic E-state index is 12.9. The average molecular weight is 496 g/mol. The fourth-order valence-corrected chi connectivity index (χ4v) is 6.16. The van der Waals surface area contributed by atoms with Crippen molar-refractivity contribution < 1.29 is 14.3 Å². The van der Waals surface area contributed by atoms with Crippen molar-refractivity contribution >= 4 is 39.2 Å². The Morgan fingerprint density at radius 2 is 2.11 bits per heavy atom. The number of ether oxygens (including phenoxy) is 1. The highest BCUT2D eigenvalue weighted by Crippen LogP contribution is 2.34. The van der Waals surface area contributed by atoms with Gasteiger partial charge in [-0.3, -0.25) is 9.59 Å². The summed E-state index contributed by atoms with van der Waals surface area (Å²) in [6.07, 6.45) is 3.52. The molecular formula is C26H33N5O3S. The van der Waals surface area contributed by atoms with Crippen molar-refractivity contribution in [3.63, 3.8) is 0 Å². The molecule has 3 aromatic rings. The van der Waals surface area contributed by atoms with Crippen LogP contribution in [0.3, 0.4) is 0 Å². The molecule has 1 atom stereocenters. The number of benzene rings is 1. The topological polar surface area (TPSA) is 90.6 Å². The van der Waals surface area contributed by atoms with Gasteiger partial charge in [0.05, 0.1) is 24.9 Å². The summed E-state index contributed by atoms with van der Waals surface area (Å²) in [6, 6.07) is 5.98. The third-order valence-electron chi connectivity index (χ3n) is 6.95. The predicted molar refractivity (Wildman–Crippen MR) is 139 cm³/mol. The SMILES string of the molecule is CCN(CC)C(=O)c1ccc2[nH]cc(C[C@H]3COCCN3c3nc4c(s3)C(=O)NC(C)(C)C4)c2c1. The van der Waals surface area contributed by atoms with Gasteiger partial charge in [-0.1, -0.05) is 11.3 Å². The van der Waals surface area contributed by atoms with Crippen LogP contribution in [0.2, 0.25) is 0 Å². The molecule has 35 heavy (non-hydrogen) atoms. The van der Waals surface area contributed by atoms with Crippen LogP contribution in [0.5, 0.6) is 0 Å². The van der Waals surface area contributed by atoms with Crippen LogP contribution in [0, 0.1) is 0 Å². The van der Waals surface area contributed by atoms with Gasteiger partial charge in [0.15, 0.2) is 5.13 Å². The van der Waals surface area contributed by atoms with Gasteiger partial charge >= 0.3 is 0 Å². The molecule has 186 valence electrons. The van der Waals surface area contributed by atoms with E-state index in [1.807, 2.05) is 57.0 Å². The lowest BCUT2D eigenvalue weighted by Gasteiger charge is -2.35. The highest BCUT2D eigenvalue weighted by Gasteiger charge is 2.35. The lowest BCUT2D eigenvalue weighted by molar-refractivity contribution is 0.0772. The summed E-state index contributed by atoms with van der Waals surface area (Å²) in [6.45, 7) is 11.4. The Kier molecular flexibility index (Phi) is 6.31. The lowest BCUT2D eigenvalue weighted by atomic mass is 9.94. The first kappa shape index (κ1) is 23.8. The zero-order chi connectivity index (χ0) is 24.7. The number of thiazole rings is 1. The number of carbonyl (C=O) groups excluding carboxylic acids is 2. The number of morpholine rings is 1. The van der Waals surface area contributed by atoms with E-state index in [9.17, 15) is 9.59 Å². The fourth-order valence-electron chi connectivity index (χ4n) is 5.09. The monoisotopic (exact) mass is 495 g/mol. The molecule has 0 spiro atoms. The Morgan fingerprint density at radius 3 is 2.89 bits per heavy atom. The smallest absolute Gasteiger partial charge is 0.263 e. The summed E-state index contributed by atoms with van der Waals surface area (Å²) in [4.78, 5) is 38.7. The van der Waals surface area contributed by atoms with Crippen molar-refractivity contribution in [2.45, 2.75) is 52.1 Å². The first-order valence-electron chi connectivity index (χ1n) is 12.4. The normalized spacial score (nSPS) is 19.5. The third-order valence-corrected chi connectivity index (χ3v) is 8.08. The Balaban J connectivity index is 1.42. The molecule has 0 unspecified atom stereocenters. The molecule has 1 saturated heterocycles. The maximum absolute atomic E-state index is 12.9. The summed E-state index contributed by atoms with van der Waals surface area (Å²) in [7, 11) is 0. The van der Waals surface area contributed by atoms with Gasteiger partial charge in [0, 0.05) is 54.3 Å². The number of fused-ring (bicyclic) bond motifs is 2. The van der Waals surface area contributed by atoms with E-state index in [1.54, 1.807) is 0 Å². The van der Waals surface area contributed by atoms with E-state index < -0.39 is 0 Å². The number of amides is 2. The van der Waals surface area contributed by atoms with Gasteiger partial charge in [0.25, 0.3) is 11.8 Å². The van der Waals surface area contributed by atoms with E-state index in [2.05, 4.69) is 15.2 Å². The average Bonchev–Trinajstić information content (AvgIpc) is 3.43. The third kappa shape index (κ3) is 4.54. The largest absolute Gasteiger partial charge is 0.377 e. The summed E-state index contributed by atoms with van der Waals surface area (Å²) < 4.78 is 5.86. The highest BCUT2D eigenvalue weighted by atomic mass is 32.1. The number of hydrogen-bond acceptors (Lipinski definition) is 6. The minimum absolute atomic E-state index is 0.0353. The zero-order valence-corrected chi connectivity index (χ0v) is 21.6. The van der Waals surface area contributed by atoms with E-state index in [-0.39, 0.29) is 23.4 Å². The van der Waals surface area contributed by atoms with Gasteiger partial charge in [-0.15, -0.1) is 0 Å². The highest BCUT2D eigenvalue weighted by molar-refractivity contribution is 7.17. The Hall–Kier alpha value is -2.91. The molecule has 2 N–H and O–H groups in total. The number of H-pyrrole nitrogens is 1. The zero-order valence-electron chi connectivity index (χ0n) is 20.8. The molecular weight excluding hydrogens is 462 g/mol. The van der Waals surface area contributed by atoms with Gasteiger partial charge < -0.3 is 24.8 Å². The number of nitrogens with one attached hydrogen (secondary N) is 2. The molecule has 2 amide bonds. The van der Waals surface area contributed by atoms with E-state index >= 15 is 0 Å². The molecule has 0 aliphatic carbocycles. The van der Waals surface area contributed by atoms with Gasteiger partial charge in [0.1, 0.15) is 4.88 Å². The molecule has 1 fully saturated rings. The first-order chi connectivity index (χ1) is 16.8. The van der Waals surface area contributed by atoms with Crippen molar-refractivity contribution in [2.75, 3.05) is 37.7 Å². The second kappa shape index (κ2) is 9.28. The molecule has 0 bridgehead atoms. The van der Waals surface area contributed by atoms with E-state index in [0.29, 0.717) is 31.9 Å². The number of anilines is 1. The molecule has 0 saturated carbocycles. The van der Waals surface area contributed by atoms with Crippen LogP contribution >= 0.6 is 11.3 Å². The number of hydrogen-bond donors (Lipinski definition) is 2. The second-order valence-electron chi connectivity index (χ2n) is 9.97. The second-order valence-corrected chi connectivity index (χ2v) is 10.9. The van der Waals surface area contributed by atoms with Crippen LogP contribution < -0.4 is 10.2 Å². The van der Waals surface area contributed by atoms with Crippen molar-refractivity contribution in [2.24, 2.45) is 0 Å². The quantitative estimate of drug-likeness (QED) is 0.545. The van der Waals surface area contributed by atoms with E-state index in [0.717, 1.165) is 51.6 Å². The predicted octanol–water partition coefficient (Wildman–Crippen LogP) is 3.62. The molecule has 9 heteroatoms. The number of rotatable bonds is 6. The molecule has 2 aliphatic rings. The minimum Gasteiger partial charge on any atom is -0.377 e. The number of aromatic amines is 1. The van der Waals surface area contributed by atoms with Crippen LogP contribution in [0.15, 0.2) is 24.4 Å². The van der Waals surface area contributed by atoms with Crippen molar-refractivity contribution in [1.82, 2.24) is 20.2 Å². The van der Waals surface area contributed by atoms with Gasteiger partial charge in [-0.25, -0.2) is 4.98 Å². The standard InChI is InChI=1S/C26H33N5O3S/c1-5-30(6-2)24(33)16-7-8-20-19(12-16)17(14-27-20)11-18-15-34-10-9-31(18)25-28-21-13-26(3,4)29-23(32)22(21)35-25/h7-8,12,14,18,27H,5-6,9-11,13,15H2,1-4H3,(H,29,32)/t18-/m0/s1. The molecule has 1 aromatic carbocycles. The van der Waals surface area contributed by atoms with Crippen LogP contribution in [0.1, 0.15) is 59.0 Å². The van der Waals surface area contributed by atoms with Crippen LogP contribution in [0.4, 0.5) is 5.13 Å². The van der Waals surface area contributed by atoms with Crippen LogP contribution in [-0.4, -0.2) is 71.1 Å². The van der Waals surface area contributed by atoms with Crippen LogP contribution in [-0.2, 0) is 17.6 Å². The summed E-state index contributed by atoms with van der Waals surface area (Å²) >= 11 is 1.47. The fraction of sp³-hybridized carbons (Fsp3) is 0.500. The van der Waals surface area contributed by atoms with Crippen molar-refractivity contribution in [3.8, 4) is 0 Å². The van der Waals surface area contributed by atoms with Crippen LogP contribution in [0.25, 0.3) is 10.9 Å². The number of carbonyl (C=O) groups is 2. The van der Waals surface area contributed by atoms with Gasteiger partial charge in [0.2, 0.25) is 0 Å². The Labute approximate surface area is 209 Å².